The van der Waals surface area contributed by atoms with Crippen LogP contribution in [-0.2, 0) is 4.79 Å². The summed E-state index contributed by atoms with van der Waals surface area (Å²) in [7, 11) is 0. The monoisotopic (exact) mass is 212 g/mol. The average Bonchev–Trinajstić information content (AvgIpc) is 2.22. The van der Waals surface area contributed by atoms with E-state index >= 15 is 0 Å². The van der Waals surface area contributed by atoms with Crippen molar-refractivity contribution in [2.75, 3.05) is 19.6 Å². The SMILES string of the molecule is CCCNCC(=O)N1CC(C)CCC1C. The second kappa shape index (κ2) is 6.11. The fourth-order valence-electron chi connectivity index (χ4n) is 2.11. The zero-order valence-electron chi connectivity index (χ0n) is 10.3. The molecule has 0 spiro atoms. The molecule has 0 aliphatic carbocycles. The Morgan fingerprint density at radius 1 is 1.40 bits per heavy atom. The smallest absolute Gasteiger partial charge is 0.236 e. The van der Waals surface area contributed by atoms with Crippen LogP contribution in [-0.4, -0.2) is 36.5 Å². The van der Waals surface area contributed by atoms with Crippen LogP contribution in [0.1, 0.15) is 40.0 Å². The molecular weight excluding hydrogens is 188 g/mol. The molecule has 1 saturated heterocycles. The summed E-state index contributed by atoms with van der Waals surface area (Å²) in [6.07, 6.45) is 3.49. The molecule has 2 atom stereocenters. The van der Waals surface area contributed by atoms with Crippen LogP contribution >= 0.6 is 0 Å². The van der Waals surface area contributed by atoms with Gasteiger partial charge in [-0.1, -0.05) is 13.8 Å². The number of carbonyl (C=O) groups excluding carboxylic acids is 1. The molecule has 3 heteroatoms. The zero-order valence-corrected chi connectivity index (χ0v) is 10.3. The van der Waals surface area contributed by atoms with Crippen LogP contribution < -0.4 is 5.32 Å². The Bertz CT molecular complexity index is 206. The van der Waals surface area contributed by atoms with Crippen LogP contribution in [0.25, 0.3) is 0 Å². The molecule has 1 fully saturated rings. The van der Waals surface area contributed by atoms with E-state index in [2.05, 4.69) is 26.1 Å². The first-order chi connectivity index (χ1) is 7.15. The van der Waals surface area contributed by atoms with Crippen molar-refractivity contribution in [1.82, 2.24) is 10.2 Å². The van der Waals surface area contributed by atoms with Crippen molar-refractivity contribution < 1.29 is 4.79 Å². The Morgan fingerprint density at radius 3 is 2.80 bits per heavy atom. The van der Waals surface area contributed by atoms with Crippen molar-refractivity contribution in [2.45, 2.75) is 46.1 Å². The molecule has 0 aromatic heterocycles. The molecule has 15 heavy (non-hydrogen) atoms. The number of piperidine rings is 1. The number of likely N-dealkylation sites (tertiary alicyclic amines) is 1. The number of hydrogen-bond donors (Lipinski definition) is 1. The third kappa shape index (κ3) is 3.82. The number of carbonyl (C=O) groups is 1. The van der Waals surface area contributed by atoms with Crippen molar-refractivity contribution in [1.29, 1.82) is 0 Å². The van der Waals surface area contributed by atoms with Crippen LogP contribution in [0.15, 0.2) is 0 Å². The number of nitrogens with zero attached hydrogens (tertiary/aromatic N) is 1. The highest BCUT2D eigenvalue weighted by atomic mass is 16.2. The predicted octanol–water partition coefficient (Wildman–Crippen LogP) is 1.63. The largest absolute Gasteiger partial charge is 0.339 e. The molecule has 0 radical (unpaired) electrons. The molecule has 1 rings (SSSR count). The van der Waals surface area contributed by atoms with Gasteiger partial charge in [0, 0.05) is 12.6 Å². The molecule has 2 unspecified atom stereocenters. The fraction of sp³-hybridized carbons (Fsp3) is 0.917. The molecule has 1 amide bonds. The number of rotatable bonds is 4. The Morgan fingerprint density at radius 2 is 2.13 bits per heavy atom. The van der Waals surface area contributed by atoms with Crippen molar-refractivity contribution in [3.8, 4) is 0 Å². The van der Waals surface area contributed by atoms with Gasteiger partial charge in [-0.25, -0.2) is 0 Å². The first-order valence-corrected chi connectivity index (χ1v) is 6.15. The standard InChI is InChI=1S/C12H24N2O/c1-4-7-13-8-12(15)14-9-10(2)5-6-11(14)3/h10-11,13H,4-9H2,1-3H3. The van der Waals surface area contributed by atoms with E-state index in [4.69, 9.17) is 0 Å². The minimum Gasteiger partial charge on any atom is -0.339 e. The normalized spacial score (nSPS) is 26.7. The molecule has 0 aromatic carbocycles. The second-order valence-corrected chi connectivity index (χ2v) is 4.75. The van der Waals surface area contributed by atoms with Gasteiger partial charge in [0.2, 0.25) is 5.91 Å². The summed E-state index contributed by atoms with van der Waals surface area (Å²) in [4.78, 5) is 13.9. The lowest BCUT2D eigenvalue weighted by Gasteiger charge is -2.37. The fourth-order valence-corrected chi connectivity index (χ4v) is 2.11. The lowest BCUT2D eigenvalue weighted by atomic mass is 9.95. The predicted molar refractivity (Wildman–Crippen MR) is 62.7 cm³/mol. The summed E-state index contributed by atoms with van der Waals surface area (Å²) >= 11 is 0. The molecule has 1 aliphatic heterocycles. The Labute approximate surface area is 93.2 Å². The molecule has 88 valence electrons. The van der Waals surface area contributed by atoms with Crippen LogP contribution in [0.4, 0.5) is 0 Å². The first-order valence-electron chi connectivity index (χ1n) is 6.15. The summed E-state index contributed by atoms with van der Waals surface area (Å²) in [6.45, 7) is 8.88. The van der Waals surface area contributed by atoms with Crippen LogP contribution in [0.5, 0.6) is 0 Å². The maximum atomic E-state index is 11.9. The van der Waals surface area contributed by atoms with Gasteiger partial charge in [-0.05, 0) is 38.6 Å². The van der Waals surface area contributed by atoms with E-state index in [9.17, 15) is 4.79 Å². The second-order valence-electron chi connectivity index (χ2n) is 4.75. The van der Waals surface area contributed by atoms with Gasteiger partial charge in [-0.2, -0.15) is 0 Å². The van der Waals surface area contributed by atoms with E-state index < -0.39 is 0 Å². The Balaban J connectivity index is 2.35. The first kappa shape index (κ1) is 12.5. The number of nitrogens with one attached hydrogen (secondary N) is 1. The quantitative estimate of drug-likeness (QED) is 0.718. The summed E-state index contributed by atoms with van der Waals surface area (Å²) in [5, 5.41) is 3.18. The minimum absolute atomic E-state index is 0.266. The third-order valence-corrected chi connectivity index (χ3v) is 3.14. The van der Waals surface area contributed by atoms with Gasteiger partial charge in [0.15, 0.2) is 0 Å². The van der Waals surface area contributed by atoms with Crippen molar-refractivity contribution in [3.63, 3.8) is 0 Å². The topological polar surface area (TPSA) is 32.3 Å². The lowest BCUT2D eigenvalue weighted by Crippen LogP contribution is -2.48. The Hall–Kier alpha value is -0.570. The molecule has 0 bridgehead atoms. The van der Waals surface area contributed by atoms with E-state index in [-0.39, 0.29) is 5.91 Å². The molecule has 0 saturated carbocycles. The van der Waals surface area contributed by atoms with E-state index in [0.717, 1.165) is 25.9 Å². The number of hydrogen-bond acceptors (Lipinski definition) is 2. The summed E-state index contributed by atoms with van der Waals surface area (Å²) < 4.78 is 0. The lowest BCUT2D eigenvalue weighted by molar-refractivity contribution is -0.134. The molecule has 1 N–H and O–H groups in total. The molecule has 0 aromatic rings. The number of amides is 1. The highest BCUT2D eigenvalue weighted by Gasteiger charge is 2.26. The van der Waals surface area contributed by atoms with Gasteiger partial charge in [0.1, 0.15) is 0 Å². The van der Waals surface area contributed by atoms with E-state index in [1.807, 2.05) is 4.90 Å². The van der Waals surface area contributed by atoms with E-state index in [0.29, 0.717) is 18.5 Å². The van der Waals surface area contributed by atoms with Gasteiger partial charge < -0.3 is 10.2 Å². The van der Waals surface area contributed by atoms with Gasteiger partial charge in [0.05, 0.1) is 6.54 Å². The highest BCUT2D eigenvalue weighted by Crippen LogP contribution is 2.20. The van der Waals surface area contributed by atoms with Crippen LogP contribution in [0, 0.1) is 5.92 Å². The van der Waals surface area contributed by atoms with Gasteiger partial charge in [-0.3, -0.25) is 4.79 Å². The highest BCUT2D eigenvalue weighted by molar-refractivity contribution is 5.78. The van der Waals surface area contributed by atoms with Crippen LogP contribution in [0.3, 0.4) is 0 Å². The maximum absolute atomic E-state index is 11.9. The Kier molecular flexibility index (Phi) is 5.09. The summed E-state index contributed by atoms with van der Waals surface area (Å²) in [6, 6.07) is 0.428. The van der Waals surface area contributed by atoms with Gasteiger partial charge >= 0.3 is 0 Å². The van der Waals surface area contributed by atoms with Gasteiger partial charge in [-0.15, -0.1) is 0 Å². The molecule has 1 heterocycles. The third-order valence-electron chi connectivity index (χ3n) is 3.14. The molecular formula is C12H24N2O. The molecule has 1 aliphatic rings. The maximum Gasteiger partial charge on any atom is 0.236 e. The average molecular weight is 212 g/mol. The van der Waals surface area contributed by atoms with Crippen LogP contribution in [0.2, 0.25) is 0 Å². The van der Waals surface area contributed by atoms with E-state index in [1.165, 1.54) is 6.42 Å². The van der Waals surface area contributed by atoms with Gasteiger partial charge in [0.25, 0.3) is 0 Å². The van der Waals surface area contributed by atoms with Crippen molar-refractivity contribution >= 4 is 5.91 Å². The summed E-state index contributed by atoms with van der Waals surface area (Å²) in [5.41, 5.74) is 0. The van der Waals surface area contributed by atoms with Crippen molar-refractivity contribution in [2.24, 2.45) is 5.92 Å². The molecule has 3 nitrogen and oxygen atoms in total. The zero-order chi connectivity index (χ0) is 11.3. The minimum atomic E-state index is 0.266. The van der Waals surface area contributed by atoms with Crippen molar-refractivity contribution in [3.05, 3.63) is 0 Å². The summed E-state index contributed by atoms with van der Waals surface area (Å²) in [5.74, 6) is 0.929. The van der Waals surface area contributed by atoms with E-state index in [1.54, 1.807) is 0 Å².